The molecule has 0 aromatic carbocycles. The first-order chi connectivity index (χ1) is 7.45. The van der Waals surface area contributed by atoms with Crippen LogP contribution in [0.2, 0.25) is 0 Å². The first-order valence-corrected chi connectivity index (χ1v) is 5.40. The van der Waals surface area contributed by atoms with E-state index in [2.05, 4.69) is 24.8 Å². The van der Waals surface area contributed by atoms with Crippen molar-refractivity contribution in [2.45, 2.75) is 19.3 Å². The summed E-state index contributed by atoms with van der Waals surface area (Å²) in [4.78, 5) is 17.0. The summed E-state index contributed by atoms with van der Waals surface area (Å²) < 4.78 is 0. The monoisotopic (exact) mass is 204 g/mol. The van der Waals surface area contributed by atoms with Crippen LogP contribution in [0.4, 0.5) is 5.82 Å². The van der Waals surface area contributed by atoms with Crippen LogP contribution in [0.15, 0.2) is 12.7 Å². The van der Waals surface area contributed by atoms with Gasteiger partial charge in [0.2, 0.25) is 6.33 Å². The molecule has 0 aliphatic carbocycles. The molecule has 2 N–H and O–H groups in total. The molecule has 5 nitrogen and oxygen atoms in total. The van der Waals surface area contributed by atoms with Gasteiger partial charge in [0, 0.05) is 0 Å². The van der Waals surface area contributed by atoms with Gasteiger partial charge in [-0.15, -0.1) is 0 Å². The molecule has 0 bridgehead atoms. The van der Waals surface area contributed by atoms with Gasteiger partial charge in [-0.05, 0) is 19.3 Å². The molecule has 3 heterocycles. The number of anilines is 1. The van der Waals surface area contributed by atoms with Gasteiger partial charge in [-0.2, -0.15) is 0 Å². The highest BCUT2D eigenvalue weighted by Gasteiger charge is 2.21. The van der Waals surface area contributed by atoms with Crippen molar-refractivity contribution in [1.29, 1.82) is 0 Å². The van der Waals surface area contributed by atoms with Crippen molar-refractivity contribution in [1.82, 2.24) is 15.0 Å². The van der Waals surface area contributed by atoms with Gasteiger partial charge in [0.1, 0.15) is 0 Å². The van der Waals surface area contributed by atoms with E-state index >= 15 is 0 Å². The third kappa shape index (κ3) is 1.44. The number of imidazole rings is 1. The predicted molar refractivity (Wildman–Crippen MR) is 56.5 cm³/mol. The molecule has 2 aromatic heterocycles. The largest absolute Gasteiger partial charge is 0.336 e. The van der Waals surface area contributed by atoms with Gasteiger partial charge in [-0.25, -0.2) is 9.97 Å². The molecule has 1 aliphatic rings. The first kappa shape index (κ1) is 8.64. The average molecular weight is 204 g/mol. The van der Waals surface area contributed by atoms with E-state index in [9.17, 15) is 0 Å². The predicted octanol–water partition coefficient (Wildman–Crippen LogP) is 0.762. The highest BCUT2D eigenvalue weighted by Crippen LogP contribution is 2.20. The van der Waals surface area contributed by atoms with Crippen molar-refractivity contribution >= 4 is 17.0 Å². The van der Waals surface area contributed by atoms with Gasteiger partial charge >= 0.3 is 0 Å². The zero-order chi connectivity index (χ0) is 10.1. The van der Waals surface area contributed by atoms with Crippen LogP contribution in [0.25, 0.3) is 11.2 Å². The molecule has 0 saturated carbocycles. The standard InChI is InChI=1S/C10H13N5/c1-2-4-15(5-3-1)10-8-9(12-6-11-8)13-7-14-10/h6-7H,1-5H2,(H,11,12,13,14)/p+1. The Bertz CT molecular complexity index is 458. The molecule has 0 spiro atoms. The minimum absolute atomic E-state index is 0.786. The summed E-state index contributed by atoms with van der Waals surface area (Å²) in [6.45, 7) is 2.24. The molecule has 3 rings (SSSR count). The van der Waals surface area contributed by atoms with E-state index in [-0.39, 0.29) is 0 Å². The highest BCUT2D eigenvalue weighted by atomic mass is 15.2. The van der Waals surface area contributed by atoms with Crippen LogP contribution in [0.1, 0.15) is 19.3 Å². The second kappa shape index (κ2) is 3.49. The number of fused-ring (bicyclic) bond motifs is 1. The van der Waals surface area contributed by atoms with Crippen LogP contribution in [0.3, 0.4) is 0 Å². The number of H-pyrrole nitrogens is 2. The lowest BCUT2D eigenvalue weighted by Crippen LogP contribution is -2.34. The summed E-state index contributed by atoms with van der Waals surface area (Å²) in [5, 5.41) is 0. The van der Waals surface area contributed by atoms with Gasteiger partial charge in [-0.3, -0.25) is 4.90 Å². The fourth-order valence-electron chi connectivity index (χ4n) is 2.15. The van der Waals surface area contributed by atoms with Gasteiger partial charge in [-0.1, -0.05) is 4.98 Å². The van der Waals surface area contributed by atoms with Crippen LogP contribution in [0, 0.1) is 0 Å². The smallest absolute Gasteiger partial charge is 0.260 e. The topological polar surface area (TPSA) is 59.0 Å². The van der Waals surface area contributed by atoms with E-state index in [1.807, 2.05) is 0 Å². The Hall–Kier alpha value is -1.65. The third-order valence-corrected chi connectivity index (χ3v) is 2.92. The Kier molecular flexibility index (Phi) is 2.01. The summed E-state index contributed by atoms with van der Waals surface area (Å²) in [5.41, 5.74) is 1.80. The van der Waals surface area contributed by atoms with Crippen molar-refractivity contribution in [3.63, 3.8) is 0 Å². The number of aromatic amines is 2. The van der Waals surface area contributed by atoms with E-state index in [1.165, 1.54) is 19.3 Å². The summed E-state index contributed by atoms with van der Waals surface area (Å²) in [6.07, 6.45) is 7.29. The van der Waals surface area contributed by atoms with Gasteiger partial charge < -0.3 is 4.98 Å². The van der Waals surface area contributed by atoms with E-state index in [0.717, 1.165) is 30.1 Å². The second-order valence-electron chi connectivity index (χ2n) is 3.90. The number of rotatable bonds is 1. The molecular weight excluding hydrogens is 190 g/mol. The maximum absolute atomic E-state index is 4.17. The number of hydrogen-bond donors (Lipinski definition) is 1. The molecule has 1 saturated heterocycles. The lowest BCUT2D eigenvalue weighted by molar-refractivity contribution is -0.367. The minimum atomic E-state index is 0.786. The van der Waals surface area contributed by atoms with E-state index < -0.39 is 0 Å². The number of nitrogens with zero attached hydrogens (tertiary/aromatic N) is 3. The number of piperidine rings is 1. The Balaban J connectivity index is 2.05. The van der Waals surface area contributed by atoms with Crippen molar-refractivity contribution in [3.8, 4) is 0 Å². The van der Waals surface area contributed by atoms with E-state index in [0.29, 0.717) is 0 Å². The van der Waals surface area contributed by atoms with Crippen LogP contribution in [-0.4, -0.2) is 28.0 Å². The van der Waals surface area contributed by atoms with Crippen LogP contribution in [0.5, 0.6) is 0 Å². The normalized spacial score (nSPS) is 17.2. The molecule has 2 aromatic rings. The zero-order valence-electron chi connectivity index (χ0n) is 8.53. The molecule has 78 valence electrons. The molecule has 1 fully saturated rings. The summed E-state index contributed by atoms with van der Waals surface area (Å²) in [5.74, 6) is 1.12. The van der Waals surface area contributed by atoms with E-state index in [1.54, 1.807) is 12.7 Å². The quantitative estimate of drug-likeness (QED) is 0.746. The molecule has 0 unspecified atom stereocenters. The summed E-state index contributed by atoms with van der Waals surface area (Å²) in [6, 6.07) is 0. The first-order valence-electron chi connectivity index (χ1n) is 5.40. The maximum atomic E-state index is 4.17. The van der Waals surface area contributed by atoms with E-state index in [4.69, 9.17) is 0 Å². The lowest BCUT2D eigenvalue weighted by Gasteiger charge is -2.22. The third-order valence-electron chi connectivity index (χ3n) is 2.92. The Morgan fingerprint density at radius 2 is 2.07 bits per heavy atom. The molecule has 1 aliphatic heterocycles. The van der Waals surface area contributed by atoms with Crippen molar-refractivity contribution in [3.05, 3.63) is 12.7 Å². The van der Waals surface area contributed by atoms with Gasteiger partial charge in [0.25, 0.3) is 11.5 Å². The van der Waals surface area contributed by atoms with Crippen molar-refractivity contribution in [2.75, 3.05) is 18.0 Å². The SMILES string of the molecule is c1nc2nc[nH+]c(N3CCCCC3)c2[nH]1. The summed E-state index contributed by atoms with van der Waals surface area (Å²) >= 11 is 0. The molecule has 0 radical (unpaired) electrons. The van der Waals surface area contributed by atoms with Gasteiger partial charge in [0.05, 0.1) is 19.4 Å². The van der Waals surface area contributed by atoms with Crippen molar-refractivity contribution in [2.24, 2.45) is 0 Å². The second-order valence-corrected chi connectivity index (χ2v) is 3.90. The zero-order valence-corrected chi connectivity index (χ0v) is 8.53. The molecule has 0 amide bonds. The molecule has 5 heteroatoms. The molecule has 15 heavy (non-hydrogen) atoms. The molecule has 0 atom stereocenters. The Morgan fingerprint density at radius 1 is 1.20 bits per heavy atom. The fraction of sp³-hybridized carbons (Fsp3) is 0.500. The van der Waals surface area contributed by atoms with Crippen LogP contribution in [-0.2, 0) is 0 Å². The Labute approximate surface area is 87.6 Å². The lowest BCUT2D eigenvalue weighted by atomic mass is 10.1. The Morgan fingerprint density at radius 3 is 2.93 bits per heavy atom. The number of aromatic nitrogens is 4. The highest BCUT2D eigenvalue weighted by molar-refractivity contribution is 5.80. The fourth-order valence-corrected chi connectivity index (χ4v) is 2.15. The molecular formula is C10H14N5+. The number of nitrogens with one attached hydrogen (secondary N) is 2. The minimum Gasteiger partial charge on any atom is -0.336 e. The van der Waals surface area contributed by atoms with Gasteiger partial charge in [0.15, 0.2) is 5.52 Å². The maximum Gasteiger partial charge on any atom is 0.260 e. The number of hydrogen-bond acceptors (Lipinski definition) is 3. The summed E-state index contributed by atoms with van der Waals surface area (Å²) in [7, 11) is 0. The van der Waals surface area contributed by atoms with Crippen LogP contribution >= 0.6 is 0 Å². The average Bonchev–Trinajstić information content (AvgIpc) is 2.78. The van der Waals surface area contributed by atoms with Crippen molar-refractivity contribution < 1.29 is 4.98 Å². The van der Waals surface area contributed by atoms with Crippen LogP contribution < -0.4 is 9.88 Å².